The van der Waals surface area contributed by atoms with Crippen LogP contribution in [0.4, 0.5) is 4.39 Å². The summed E-state index contributed by atoms with van der Waals surface area (Å²) in [5, 5.41) is 16.0. The van der Waals surface area contributed by atoms with Crippen molar-refractivity contribution in [1.29, 1.82) is 0 Å². The SMILES string of the molecule is CC12CCC3C4CCC(O)(CF)CC4CCC3C1CCC2C(=O)Cn1ncc2ccncc21. The van der Waals surface area contributed by atoms with E-state index in [1.807, 2.05) is 16.9 Å². The van der Waals surface area contributed by atoms with Gasteiger partial charge < -0.3 is 5.11 Å². The van der Waals surface area contributed by atoms with Crippen LogP contribution < -0.4 is 0 Å². The normalized spacial score (nSPS) is 42.5. The monoisotopic (exact) mass is 453 g/mol. The van der Waals surface area contributed by atoms with Crippen LogP contribution in [0.15, 0.2) is 24.7 Å². The third-order valence-electron chi connectivity index (χ3n) is 10.5. The quantitative estimate of drug-likeness (QED) is 0.710. The zero-order chi connectivity index (χ0) is 22.8. The molecule has 4 saturated carbocycles. The summed E-state index contributed by atoms with van der Waals surface area (Å²) in [5.41, 5.74) is -0.0624. The molecular weight excluding hydrogens is 417 g/mol. The molecule has 0 bridgehead atoms. The van der Waals surface area contributed by atoms with Gasteiger partial charge in [-0.3, -0.25) is 14.5 Å². The molecule has 1 N–H and O–H groups in total. The summed E-state index contributed by atoms with van der Waals surface area (Å²) in [6.07, 6.45) is 14.4. The van der Waals surface area contributed by atoms with Gasteiger partial charge in [-0.15, -0.1) is 0 Å². The Morgan fingerprint density at radius 3 is 2.82 bits per heavy atom. The molecule has 178 valence electrons. The molecule has 4 aliphatic rings. The fraction of sp³-hybridized carbons (Fsp3) is 0.741. The van der Waals surface area contributed by atoms with E-state index in [0.29, 0.717) is 54.8 Å². The van der Waals surface area contributed by atoms with Crippen LogP contribution in [0, 0.1) is 40.9 Å². The minimum atomic E-state index is -1.08. The molecule has 0 aromatic carbocycles. The number of Topliss-reactive ketones (excluding diaryl/α,β-unsaturated/α-hetero) is 1. The van der Waals surface area contributed by atoms with Gasteiger partial charge in [0.15, 0.2) is 5.78 Å². The maximum atomic E-state index is 13.6. The van der Waals surface area contributed by atoms with E-state index in [4.69, 9.17) is 0 Å². The van der Waals surface area contributed by atoms with Gasteiger partial charge in [-0.2, -0.15) is 5.10 Å². The first-order valence-corrected chi connectivity index (χ1v) is 13.0. The van der Waals surface area contributed by atoms with Crippen LogP contribution in [0.2, 0.25) is 0 Å². The molecule has 0 amide bonds. The molecule has 5 nitrogen and oxygen atoms in total. The van der Waals surface area contributed by atoms with Crippen LogP contribution in [-0.2, 0) is 11.3 Å². The van der Waals surface area contributed by atoms with Crippen molar-refractivity contribution in [2.24, 2.45) is 40.9 Å². The van der Waals surface area contributed by atoms with E-state index < -0.39 is 12.3 Å². The lowest BCUT2D eigenvalue weighted by molar-refractivity contribution is -0.134. The predicted molar refractivity (Wildman–Crippen MR) is 124 cm³/mol. The van der Waals surface area contributed by atoms with Crippen molar-refractivity contribution < 1.29 is 14.3 Å². The van der Waals surface area contributed by atoms with Gasteiger partial charge in [0.1, 0.15) is 13.2 Å². The van der Waals surface area contributed by atoms with Gasteiger partial charge in [0.25, 0.3) is 0 Å². The summed E-state index contributed by atoms with van der Waals surface area (Å²) in [4.78, 5) is 17.8. The Labute approximate surface area is 195 Å². The van der Waals surface area contributed by atoms with Crippen molar-refractivity contribution >= 4 is 16.7 Å². The van der Waals surface area contributed by atoms with Gasteiger partial charge >= 0.3 is 0 Å². The molecule has 4 fully saturated rings. The number of alkyl halides is 1. The highest BCUT2D eigenvalue weighted by atomic mass is 19.1. The van der Waals surface area contributed by atoms with E-state index >= 15 is 0 Å². The van der Waals surface area contributed by atoms with Gasteiger partial charge in [-0.1, -0.05) is 6.92 Å². The number of pyridine rings is 1. The summed E-state index contributed by atoms with van der Waals surface area (Å²) >= 11 is 0. The molecule has 0 radical (unpaired) electrons. The van der Waals surface area contributed by atoms with E-state index in [2.05, 4.69) is 17.0 Å². The first-order valence-electron chi connectivity index (χ1n) is 13.0. The first kappa shape index (κ1) is 21.7. The highest BCUT2D eigenvalue weighted by Gasteiger charge is 2.59. The lowest BCUT2D eigenvalue weighted by atomic mass is 9.49. The van der Waals surface area contributed by atoms with E-state index in [0.717, 1.165) is 43.0 Å². The standard InChI is InChI=1S/C27H36FN3O2/c1-26-9-6-20-19-7-10-27(33,16-28)12-17(19)2-3-21(20)22(26)4-5-23(26)25(32)15-31-24-14-29-11-8-18(24)13-30-31/h8,11,13-14,17,19-23,33H,2-7,9-10,12,15-16H2,1H3. The van der Waals surface area contributed by atoms with Crippen molar-refractivity contribution in [3.63, 3.8) is 0 Å². The topological polar surface area (TPSA) is 68.0 Å². The summed E-state index contributed by atoms with van der Waals surface area (Å²) < 4.78 is 15.3. The molecule has 2 aromatic heterocycles. The van der Waals surface area contributed by atoms with Crippen molar-refractivity contribution in [3.8, 4) is 0 Å². The predicted octanol–water partition coefficient (Wildman–Crippen LogP) is 4.97. The molecular formula is C27H36FN3O2. The molecule has 4 aliphatic carbocycles. The van der Waals surface area contributed by atoms with Crippen molar-refractivity contribution in [2.45, 2.75) is 76.9 Å². The molecule has 8 atom stereocenters. The molecule has 0 spiro atoms. The van der Waals surface area contributed by atoms with Crippen LogP contribution in [0.1, 0.15) is 64.7 Å². The molecule has 6 heteroatoms. The maximum Gasteiger partial charge on any atom is 0.157 e. The maximum absolute atomic E-state index is 13.6. The lowest BCUT2D eigenvalue weighted by Crippen LogP contribution is -2.52. The van der Waals surface area contributed by atoms with E-state index in [1.165, 1.54) is 12.8 Å². The largest absolute Gasteiger partial charge is 0.387 e. The second-order valence-electron chi connectivity index (χ2n) is 11.9. The first-order chi connectivity index (χ1) is 15.9. The number of aliphatic hydroxyl groups is 1. The number of carbonyl (C=O) groups is 1. The Balaban J connectivity index is 1.19. The number of halogens is 1. The molecule has 0 aliphatic heterocycles. The van der Waals surface area contributed by atoms with E-state index in [1.54, 1.807) is 12.4 Å². The Morgan fingerprint density at radius 1 is 1.12 bits per heavy atom. The van der Waals surface area contributed by atoms with Crippen LogP contribution in [-0.4, -0.2) is 37.9 Å². The number of rotatable bonds is 4. The summed E-state index contributed by atoms with van der Waals surface area (Å²) in [7, 11) is 0. The van der Waals surface area contributed by atoms with Crippen LogP contribution in [0.5, 0.6) is 0 Å². The van der Waals surface area contributed by atoms with Crippen molar-refractivity contribution in [3.05, 3.63) is 24.7 Å². The average molecular weight is 454 g/mol. The van der Waals surface area contributed by atoms with Crippen LogP contribution in [0.3, 0.4) is 0 Å². The van der Waals surface area contributed by atoms with Gasteiger partial charge in [0.2, 0.25) is 0 Å². The molecule has 6 rings (SSSR count). The highest BCUT2D eigenvalue weighted by molar-refractivity contribution is 5.84. The van der Waals surface area contributed by atoms with Gasteiger partial charge in [0.05, 0.1) is 23.5 Å². The number of hydrogen-bond donors (Lipinski definition) is 1. The average Bonchev–Trinajstić information content (AvgIpc) is 3.39. The Morgan fingerprint density at radius 2 is 1.97 bits per heavy atom. The van der Waals surface area contributed by atoms with Crippen molar-refractivity contribution in [2.75, 3.05) is 6.67 Å². The minimum Gasteiger partial charge on any atom is -0.387 e. The molecule has 2 aromatic rings. The second-order valence-corrected chi connectivity index (χ2v) is 11.9. The molecule has 8 unspecified atom stereocenters. The summed E-state index contributed by atoms with van der Waals surface area (Å²) in [5.74, 6) is 3.55. The fourth-order valence-electron chi connectivity index (χ4n) is 8.91. The number of fused-ring (bicyclic) bond motifs is 6. The molecule has 0 saturated heterocycles. The Bertz CT molecular complexity index is 1050. The van der Waals surface area contributed by atoms with E-state index in [9.17, 15) is 14.3 Å². The smallest absolute Gasteiger partial charge is 0.157 e. The van der Waals surface area contributed by atoms with Gasteiger partial charge in [-0.25, -0.2) is 4.39 Å². The summed E-state index contributed by atoms with van der Waals surface area (Å²) in [6.45, 7) is 2.13. The number of ketones is 1. The van der Waals surface area contributed by atoms with Crippen LogP contribution in [0.25, 0.3) is 10.9 Å². The summed E-state index contributed by atoms with van der Waals surface area (Å²) in [6, 6.07) is 1.94. The Kier molecular flexibility index (Phi) is 5.17. The van der Waals surface area contributed by atoms with Gasteiger partial charge in [0, 0.05) is 17.5 Å². The third kappa shape index (κ3) is 3.38. The number of carbonyl (C=O) groups excluding carboxylic acids is 1. The lowest BCUT2D eigenvalue weighted by Gasteiger charge is -2.56. The zero-order valence-corrected chi connectivity index (χ0v) is 19.6. The number of aromatic nitrogens is 3. The number of hydrogen-bond acceptors (Lipinski definition) is 4. The van der Waals surface area contributed by atoms with Crippen molar-refractivity contribution in [1.82, 2.24) is 14.8 Å². The molecule has 2 heterocycles. The zero-order valence-electron chi connectivity index (χ0n) is 19.6. The molecule has 33 heavy (non-hydrogen) atoms. The van der Waals surface area contributed by atoms with E-state index in [-0.39, 0.29) is 11.3 Å². The highest BCUT2D eigenvalue weighted by Crippen LogP contribution is 2.64. The third-order valence-corrected chi connectivity index (χ3v) is 10.5. The Hall–Kier alpha value is -1.82. The van der Waals surface area contributed by atoms with Crippen LogP contribution >= 0.6 is 0 Å². The fourth-order valence-corrected chi connectivity index (χ4v) is 8.91. The minimum absolute atomic E-state index is 0.0840. The number of nitrogens with zero attached hydrogens (tertiary/aromatic N) is 3. The second kappa shape index (κ2) is 7.86. The van der Waals surface area contributed by atoms with Gasteiger partial charge in [-0.05, 0) is 98.9 Å².